The molecule has 0 saturated carbocycles. The number of anilines is 3. The molecule has 0 spiro atoms. The van der Waals surface area contributed by atoms with Gasteiger partial charge < -0.3 is 5.32 Å². The van der Waals surface area contributed by atoms with E-state index in [0.29, 0.717) is 30.5 Å². The third kappa shape index (κ3) is 3.29. The van der Waals surface area contributed by atoms with Crippen molar-refractivity contribution in [3.8, 4) is 11.1 Å². The van der Waals surface area contributed by atoms with E-state index in [1.54, 1.807) is 29.7 Å². The molecular formula is C16H12ClFN8. The van der Waals surface area contributed by atoms with Crippen molar-refractivity contribution in [3.05, 3.63) is 54.0 Å². The van der Waals surface area contributed by atoms with Gasteiger partial charge in [0.2, 0.25) is 5.95 Å². The molecule has 2 aromatic heterocycles. The van der Waals surface area contributed by atoms with Crippen LogP contribution in [-0.2, 0) is 0 Å². The van der Waals surface area contributed by atoms with Crippen molar-refractivity contribution in [1.29, 1.82) is 0 Å². The summed E-state index contributed by atoms with van der Waals surface area (Å²) in [5.74, 6) is 0.410. The van der Waals surface area contributed by atoms with Gasteiger partial charge in [0.15, 0.2) is 5.82 Å². The second-order valence-electron chi connectivity index (χ2n) is 5.39. The van der Waals surface area contributed by atoms with Crippen molar-refractivity contribution in [3.63, 3.8) is 0 Å². The van der Waals surface area contributed by atoms with Crippen molar-refractivity contribution in [2.75, 3.05) is 23.4 Å². The van der Waals surface area contributed by atoms with Crippen LogP contribution in [0.15, 0.2) is 53.5 Å². The fourth-order valence-corrected chi connectivity index (χ4v) is 2.61. The molecule has 26 heavy (non-hydrogen) atoms. The summed E-state index contributed by atoms with van der Waals surface area (Å²) in [6, 6.07) is 4.29. The van der Waals surface area contributed by atoms with E-state index >= 15 is 0 Å². The summed E-state index contributed by atoms with van der Waals surface area (Å²) in [7, 11) is 0. The minimum atomic E-state index is -0.490. The maximum atomic E-state index is 13.3. The van der Waals surface area contributed by atoms with Crippen molar-refractivity contribution >= 4 is 29.1 Å². The van der Waals surface area contributed by atoms with Crippen LogP contribution in [0.5, 0.6) is 0 Å². The molecule has 0 bridgehead atoms. The van der Waals surface area contributed by atoms with Crippen LogP contribution in [0, 0.1) is 5.82 Å². The molecule has 3 heterocycles. The molecule has 10 heteroatoms. The molecule has 0 amide bonds. The fraction of sp³-hybridized carbons (Fsp3) is 0.125. The van der Waals surface area contributed by atoms with E-state index in [1.807, 2.05) is 0 Å². The van der Waals surface area contributed by atoms with Gasteiger partial charge in [0.1, 0.15) is 12.1 Å². The maximum absolute atomic E-state index is 13.3. The lowest BCUT2D eigenvalue weighted by molar-refractivity contribution is 0.628. The quantitative estimate of drug-likeness (QED) is 0.753. The van der Waals surface area contributed by atoms with E-state index < -0.39 is 5.82 Å². The van der Waals surface area contributed by atoms with Crippen LogP contribution in [0.3, 0.4) is 0 Å². The Morgan fingerprint density at radius 3 is 2.73 bits per heavy atom. The molecule has 3 aromatic rings. The van der Waals surface area contributed by atoms with Crippen molar-refractivity contribution in [2.45, 2.75) is 0 Å². The second-order valence-corrected chi connectivity index (χ2v) is 5.80. The predicted molar refractivity (Wildman–Crippen MR) is 94.8 cm³/mol. The maximum Gasteiger partial charge on any atom is 0.229 e. The number of hydrogen-bond acceptors (Lipinski definition) is 8. The Balaban J connectivity index is 1.72. The largest absolute Gasteiger partial charge is 0.324 e. The average molecular weight is 371 g/mol. The van der Waals surface area contributed by atoms with E-state index in [2.05, 4.69) is 35.6 Å². The first-order chi connectivity index (χ1) is 12.7. The Bertz CT molecular complexity index is 966. The van der Waals surface area contributed by atoms with Crippen LogP contribution in [0.2, 0.25) is 5.02 Å². The molecule has 0 aliphatic carbocycles. The van der Waals surface area contributed by atoms with E-state index in [-0.39, 0.29) is 5.02 Å². The second kappa shape index (κ2) is 6.96. The number of aromatic nitrogens is 4. The molecule has 8 nitrogen and oxygen atoms in total. The molecule has 1 aliphatic rings. The van der Waals surface area contributed by atoms with Crippen LogP contribution < -0.4 is 10.3 Å². The van der Waals surface area contributed by atoms with Crippen molar-refractivity contribution in [1.82, 2.24) is 19.9 Å². The highest BCUT2D eigenvalue weighted by molar-refractivity contribution is 6.31. The molecule has 130 valence electrons. The van der Waals surface area contributed by atoms with E-state index in [1.165, 1.54) is 18.5 Å². The number of nitrogens with one attached hydrogen (secondary N) is 1. The van der Waals surface area contributed by atoms with Gasteiger partial charge in [-0.15, -0.1) is 0 Å². The normalized spacial score (nSPS) is 13.2. The van der Waals surface area contributed by atoms with Crippen LogP contribution >= 0.6 is 11.6 Å². The molecule has 0 atom stereocenters. The SMILES string of the molecule is Fc1ccc(Nc2ncc(-c3cncnc3)c(N3CCN=N3)n2)cc1Cl. The van der Waals surface area contributed by atoms with Gasteiger partial charge in [-0.25, -0.2) is 24.4 Å². The Labute approximate surface area is 152 Å². The van der Waals surface area contributed by atoms with E-state index in [0.717, 1.165) is 11.1 Å². The fourth-order valence-electron chi connectivity index (χ4n) is 2.43. The van der Waals surface area contributed by atoms with Crippen LogP contribution in [0.25, 0.3) is 11.1 Å². The first-order valence-corrected chi connectivity index (χ1v) is 8.08. The molecular weight excluding hydrogens is 359 g/mol. The zero-order valence-corrected chi connectivity index (χ0v) is 14.1. The summed E-state index contributed by atoms with van der Waals surface area (Å²) in [5, 5.41) is 12.8. The summed E-state index contributed by atoms with van der Waals surface area (Å²) >= 11 is 5.81. The molecule has 1 N–H and O–H groups in total. The Kier molecular flexibility index (Phi) is 4.36. The third-order valence-corrected chi connectivity index (χ3v) is 3.93. The lowest BCUT2D eigenvalue weighted by atomic mass is 10.1. The highest BCUT2D eigenvalue weighted by Crippen LogP contribution is 2.31. The molecule has 0 unspecified atom stereocenters. The lowest BCUT2D eigenvalue weighted by Gasteiger charge is -2.16. The summed E-state index contributed by atoms with van der Waals surface area (Å²) in [6.07, 6.45) is 6.46. The highest BCUT2D eigenvalue weighted by Gasteiger charge is 2.19. The van der Waals surface area contributed by atoms with Gasteiger partial charge in [-0.2, -0.15) is 10.1 Å². The van der Waals surface area contributed by atoms with Gasteiger partial charge in [-0.05, 0) is 18.2 Å². The zero-order valence-electron chi connectivity index (χ0n) is 13.3. The first kappa shape index (κ1) is 16.3. The zero-order chi connectivity index (χ0) is 17.9. The van der Waals surface area contributed by atoms with Crippen molar-refractivity contribution < 1.29 is 4.39 Å². The Morgan fingerprint density at radius 1 is 1.15 bits per heavy atom. The Morgan fingerprint density at radius 2 is 2.00 bits per heavy atom. The Hall–Kier alpha value is -3.20. The van der Waals surface area contributed by atoms with Gasteiger partial charge >= 0.3 is 0 Å². The van der Waals surface area contributed by atoms with Crippen molar-refractivity contribution in [2.24, 2.45) is 10.3 Å². The van der Waals surface area contributed by atoms with Gasteiger partial charge in [0, 0.05) is 35.4 Å². The monoisotopic (exact) mass is 370 g/mol. The van der Waals surface area contributed by atoms with Gasteiger partial charge in [0.05, 0.1) is 18.1 Å². The lowest BCUT2D eigenvalue weighted by Crippen LogP contribution is -2.17. The average Bonchev–Trinajstić information content (AvgIpc) is 3.20. The summed E-state index contributed by atoms with van der Waals surface area (Å²) in [5.41, 5.74) is 2.07. The predicted octanol–water partition coefficient (Wildman–Crippen LogP) is 3.66. The number of rotatable bonds is 4. The standard InChI is InChI=1S/C16H12ClFN8/c17-13-5-11(1-2-14(13)18)23-16-21-8-12(10-6-19-9-20-7-10)15(24-16)26-4-3-22-25-26/h1-2,5-9H,3-4H2,(H,21,23,24). The molecule has 0 fully saturated rings. The molecule has 4 rings (SSSR count). The van der Waals surface area contributed by atoms with E-state index in [9.17, 15) is 4.39 Å². The highest BCUT2D eigenvalue weighted by atomic mass is 35.5. The topological polar surface area (TPSA) is 91.6 Å². The minimum absolute atomic E-state index is 0.0154. The van der Waals surface area contributed by atoms with Crippen LogP contribution in [0.4, 0.5) is 21.8 Å². The first-order valence-electron chi connectivity index (χ1n) is 7.70. The number of benzene rings is 1. The number of halogens is 2. The number of hydrogen-bond donors (Lipinski definition) is 1. The van der Waals surface area contributed by atoms with Crippen LogP contribution in [0.1, 0.15) is 0 Å². The van der Waals surface area contributed by atoms with E-state index in [4.69, 9.17) is 11.6 Å². The van der Waals surface area contributed by atoms with Gasteiger partial charge in [-0.1, -0.05) is 16.8 Å². The number of nitrogens with zero attached hydrogens (tertiary/aromatic N) is 7. The third-order valence-electron chi connectivity index (χ3n) is 3.64. The summed E-state index contributed by atoms with van der Waals surface area (Å²) < 4.78 is 13.3. The smallest absolute Gasteiger partial charge is 0.229 e. The molecule has 0 saturated heterocycles. The molecule has 1 aromatic carbocycles. The van der Waals surface area contributed by atoms with Gasteiger partial charge in [-0.3, -0.25) is 0 Å². The molecule has 0 radical (unpaired) electrons. The summed E-state index contributed by atoms with van der Waals surface area (Å²) in [4.78, 5) is 16.9. The molecule has 1 aliphatic heterocycles. The summed E-state index contributed by atoms with van der Waals surface area (Å²) in [6.45, 7) is 1.20. The minimum Gasteiger partial charge on any atom is -0.324 e. The van der Waals surface area contributed by atoms with Crippen LogP contribution in [-0.4, -0.2) is 33.0 Å². The van der Waals surface area contributed by atoms with Gasteiger partial charge in [0.25, 0.3) is 0 Å².